The first-order valence-corrected chi connectivity index (χ1v) is 5.88. The maximum Gasteiger partial charge on any atom is 0.327 e. The number of imidazole rings is 1. The van der Waals surface area contributed by atoms with Gasteiger partial charge in [0.15, 0.2) is 0 Å². The van der Waals surface area contributed by atoms with Crippen LogP contribution in [0.2, 0.25) is 0 Å². The molecule has 4 heteroatoms. The van der Waals surface area contributed by atoms with Gasteiger partial charge in [-0.25, -0.2) is 4.79 Å². The van der Waals surface area contributed by atoms with E-state index in [2.05, 4.69) is 4.98 Å². The molecule has 4 nitrogen and oxygen atoms in total. The lowest BCUT2D eigenvalue weighted by molar-refractivity contribution is 0.772. The van der Waals surface area contributed by atoms with Crippen molar-refractivity contribution in [2.24, 2.45) is 0 Å². The molecule has 0 radical (unpaired) electrons. The Kier molecular flexibility index (Phi) is 2.28. The smallest absolute Gasteiger partial charge is 0.327 e. The molecule has 0 aliphatic heterocycles. The van der Waals surface area contributed by atoms with Gasteiger partial charge in [0, 0.05) is 5.92 Å². The lowest BCUT2D eigenvalue weighted by Crippen LogP contribution is -2.19. The Bertz CT molecular complexity index is 578. The van der Waals surface area contributed by atoms with Gasteiger partial charge in [0.25, 0.3) is 0 Å². The molecule has 1 aromatic heterocycles. The third-order valence-electron chi connectivity index (χ3n) is 3.22. The fraction of sp³-hybridized carbons (Fsp3) is 0.308. The molecule has 0 bridgehead atoms. The van der Waals surface area contributed by atoms with Gasteiger partial charge in [-0.3, -0.25) is 4.57 Å². The second-order valence-corrected chi connectivity index (χ2v) is 4.58. The number of nitrogens with two attached hydrogens (primary N) is 1. The molecule has 0 unspecified atom stereocenters. The van der Waals surface area contributed by atoms with Crippen molar-refractivity contribution in [1.82, 2.24) is 9.55 Å². The molecule has 1 heterocycles. The Morgan fingerprint density at radius 2 is 2.00 bits per heavy atom. The molecule has 0 spiro atoms. The Balaban J connectivity index is 1.95. The standard InChI is InChI=1S/C13H15N3O/c14-12-11(10-6-7-10)15-13(17)16(12)8-9-4-2-1-3-5-9/h1-5,10H,6-8,14H2,(H,15,17). The summed E-state index contributed by atoms with van der Waals surface area (Å²) in [6, 6.07) is 9.88. The van der Waals surface area contributed by atoms with Gasteiger partial charge in [0.2, 0.25) is 0 Å². The van der Waals surface area contributed by atoms with E-state index in [-0.39, 0.29) is 5.69 Å². The number of hydrogen-bond acceptors (Lipinski definition) is 2. The van der Waals surface area contributed by atoms with Gasteiger partial charge in [-0.1, -0.05) is 30.3 Å². The van der Waals surface area contributed by atoms with Gasteiger partial charge in [0.1, 0.15) is 5.82 Å². The van der Waals surface area contributed by atoms with Crippen molar-refractivity contribution < 1.29 is 0 Å². The number of aromatic amines is 1. The van der Waals surface area contributed by atoms with Gasteiger partial charge < -0.3 is 10.7 Å². The number of aromatic nitrogens is 2. The van der Waals surface area contributed by atoms with Crippen LogP contribution in [0.15, 0.2) is 35.1 Å². The summed E-state index contributed by atoms with van der Waals surface area (Å²) in [6.45, 7) is 0.536. The topological polar surface area (TPSA) is 63.8 Å². The average Bonchev–Trinajstić information content (AvgIpc) is 3.13. The van der Waals surface area contributed by atoms with E-state index in [9.17, 15) is 4.79 Å². The van der Waals surface area contributed by atoms with Crippen molar-refractivity contribution in [2.75, 3.05) is 5.73 Å². The highest BCUT2D eigenvalue weighted by Gasteiger charge is 2.29. The molecule has 3 rings (SSSR count). The molecule has 0 saturated heterocycles. The molecule has 1 aliphatic carbocycles. The van der Waals surface area contributed by atoms with Crippen molar-refractivity contribution in [3.05, 3.63) is 52.1 Å². The maximum atomic E-state index is 11.8. The molecule has 2 aromatic rings. The summed E-state index contributed by atoms with van der Waals surface area (Å²) in [5.41, 5.74) is 7.93. The SMILES string of the molecule is Nc1c(C2CC2)[nH]c(=O)n1Cc1ccccc1. The van der Waals surface area contributed by atoms with Crippen molar-refractivity contribution in [1.29, 1.82) is 0 Å². The van der Waals surface area contributed by atoms with Crippen LogP contribution in [0.25, 0.3) is 0 Å². The number of nitrogen functional groups attached to an aromatic ring is 1. The van der Waals surface area contributed by atoms with Gasteiger partial charge in [0.05, 0.1) is 12.2 Å². The van der Waals surface area contributed by atoms with Crippen LogP contribution < -0.4 is 11.4 Å². The van der Waals surface area contributed by atoms with Crippen LogP contribution in [0.3, 0.4) is 0 Å². The van der Waals surface area contributed by atoms with Crippen LogP contribution in [0.5, 0.6) is 0 Å². The van der Waals surface area contributed by atoms with E-state index in [4.69, 9.17) is 5.73 Å². The van der Waals surface area contributed by atoms with Crippen molar-refractivity contribution in [3.63, 3.8) is 0 Å². The second-order valence-electron chi connectivity index (χ2n) is 4.58. The maximum absolute atomic E-state index is 11.8. The Hall–Kier alpha value is -1.97. The average molecular weight is 229 g/mol. The van der Waals surface area contributed by atoms with Crippen LogP contribution in [0, 0.1) is 0 Å². The number of benzene rings is 1. The van der Waals surface area contributed by atoms with Crippen LogP contribution in [0.1, 0.15) is 30.0 Å². The van der Waals surface area contributed by atoms with Crippen molar-refractivity contribution in [2.45, 2.75) is 25.3 Å². The quantitative estimate of drug-likeness (QED) is 0.841. The van der Waals surface area contributed by atoms with Crippen LogP contribution >= 0.6 is 0 Å². The number of hydrogen-bond donors (Lipinski definition) is 2. The number of nitrogens with zero attached hydrogens (tertiary/aromatic N) is 1. The van der Waals surface area contributed by atoms with Crippen molar-refractivity contribution in [3.8, 4) is 0 Å². The summed E-state index contributed by atoms with van der Waals surface area (Å²) >= 11 is 0. The van der Waals surface area contributed by atoms with Gasteiger partial charge >= 0.3 is 5.69 Å². The van der Waals surface area contributed by atoms with Crippen LogP contribution in [0.4, 0.5) is 5.82 Å². The van der Waals surface area contributed by atoms with Crippen LogP contribution in [-0.2, 0) is 6.54 Å². The first kappa shape index (κ1) is 10.2. The first-order chi connectivity index (χ1) is 8.25. The predicted octanol–water partition coefficient (Wildman–Crippen LogP) is 1.68. The Morgan fingerprint density at radius 1 is 1.29 bits per heavy atom. The van der Waals surface area contributed by atoms with Gasteiger partial charge in [-0.2, -0.15) is 0 Å². The highest BCUT2D eigenvalue weighted by Crippen LogP contribution is 2.41. The molecule has 17 heavy (non-hydrogen) atoms. The molecule has 1 aliphatic rings. The zero-order chi connectivity index (χ0) is 11.8. The monoisotopic (exact) mass is 229 g/mol. The minimum absolute atomic E-state index is 0.103. The number of H-pyrrole nitrogens is 1. The highest BCUT2D eigenvalue weighted by atomic mass is 16.1. The van der Waals surface area contributed by atoms with Crippen LogP contribution in [-0.4, -0.2) is 9.55 Å². The molecular weight excluding hydrogens is 214 g/mol. The summed E-state index contributed by atoms with van der Waals surface area (Å²) in [6.07, 6.45) is 2.27. The van der Waals surface area contributed by atoms with E-state index in [1.54, 1.807) is 4.57 Å². The fourth-order valence-electron chi connectivity index (χ4n) is 2.11. The minimum atomic E-state index is -0.103. The molecule has 0 atom stereocenters. The molecular formula is C13H15N3O. The van der Waals surface area contributed by atoms with E-state index in [0.717, 1.165) is 24.1 Å². The zero-order valence-electron chi connectivity index (χ0n) is 9.52. The van der Waals surface area contributed by atoms with E-state index >= 15 is 0 Å². The first-order valence-electron chi connectivity index (χ1n) is 5.88. The third kappa shape index (κ3) is 1.86. The minimum Gasteiger partial charge on any atom is -0.384 e. The summed E-state index contributed by atoms with van der Waals surface area (Å²) in [5, 5.41) is 0. The number of anilines is 1. The van der Waals surface area contributed by atoms with E-state index < -0.39 is 0 Å². The number of nitrogens with one attached hydrogen (secondary N) is 1. The molecule has 1 fully saturated rings. The summed E-state index contributed by atoms with van der Waals surface area (Å²) in [7, 11) is 0. The fourth-order valence-corrected chi connectivity index (χ4v) is 2.11. The molecule has 88 valence electrons. The highest BCUT2D eigenvalue weighted by molar-refractivity contribution is 5.41. The zero-order valence-corrected chi connectivity index (χ0v) is 9.52. The lowest BCUT2D eigenvalue weighted by Gasteiger charge is -2.04. The molecule has 0 amide bonds. The summed E-state index contributed by atoms with van der Waals surface area (Å²) in [4.78, 5) is 14.7. The molecule has 3 N–H and O–H groups in total. The van der Waals surface area contributed by atoms with Gasteiger partial charge in [-0.05, 0) is 18.4 Å². The van der Waals surface area contributed by atoms with E-state index in [1.807, 2.05) is 30.3 Å². The molecule has 1 aromatic carbocycles. The van der Waals surface area contributed by atoms with Gasteiger partial charge in [-0.15, -0.1) is 0 Å². The predicted molar refractivity (Wildman–Crippen MR) is 67.0 cm³/mol. The Morgan fingerprint density at radius 3 is 2.65 bits per heavy atom. The van der Waals surface area contributed by atoms with E-state index in [0.29, 0.717) is 18.3 Å². The largest absolute Gasteiger partial charge is 0.384 e. The summed E-state index contributed by atoms with van der Waals surface area (Å²) in [5.74, 6) is 1.07. The Labute approximate surface area is 99.1 Å². The number of rotatable bonds is 3. The van der Waals surface area contributed by atoms with E-state index in [1.165, 1.54) is 0 Å². The van der Waals surface area contributed by atoms with Crippen molar-refractivity contribution >= 4 is 5.82 Å². The second kappa shape index (κ2) is 3.80. The lowest BCUT2D eigenvalue weighted by atomic mass is 10.2. The third-order valence-corrected chi connectivity index (χ3v) is 3.22. The normalized spacial score (nSPS) is 15.1. The molecule has 1 saturated carbocycles. The summed E-state index contributed by atoms with van der Waals surface area (Å²) < 4.78 is 1.61.